The molecule has 0 bridgehead atoms. The standard InChI is InChI=1S/C18H19N5O2/c1-13-4-3-5-16(14(13)2)25-18-7-6-15(10-20-18)22-17(24)8-9-23-12-19-11-21-23/h3-7,10-12H,8-9H2,1-2H3,(H,22,24). The second-order valence-electron chi connectivity index (χ2n) is 5.64. The summed E-state index contributed by atoms with van der Waals surface area (Å²) in [5.74, 6) is 1.15. The number of aryl methyl sites for hydroxylation is 2. The smallest absolute Gasteiger partial charge is 0.226 e. The fourth-order valence-electron chi connectivity index (χ4n) is 2.25. The molecule has 1 amide bonds. The van der Waals surface area contributed by atoms with Gasteiger partial charge in [0, 0.05) is 12.5 Å². The number of anilines is 1. The van der Waals surface area contributed by atoms with Crippen LogP contribution in [0.3, 0.4) is 0 Å². The Balaban J connectivity index is 1.56. The number of rotatable bonds is 6. The highest BCUT2D eigenvalue weighted by molar-refractivity contribution is 5.90. The van der Waals surface area contributed by atoms with Crippen molar-refractivity contribution < 1.29 is 9.53 Å². The van der Waals surface area contributed by atoms with Gasteiger partial charge in [0.25, 0.3) is 0 Å². The van der Waals surface area contributed by atoms with E-state index in [-0.39, 0.29) is 5.91 Å². The lowest BCUT2D eigenvalue weighted by atomic mass is 10.1. The van der Waals surface area contributed by atoms with Crippen LogP contribution in [-0.2, 0) is 11.3 Å². The number of ether oxygens (including phenoxy) is 1. The van der Waals surface area contributed by atoms with Gasteiger partial charge in [0.15, 0.2) is 0 Å². The summed E-state index contributed by atoms with van der Waals surface area (Å²) in [7, 11) is 0. The van der Waals surface area contributed by atoms with Crippen LogP contribution in [0.5, 0.6) is 11.6 Å². The van der Waals surface area contributed by atoms with Gasteiger partial charge in [-0.05, 0) is 37.1 Å². The molecule has 0 unspecified atom stereocenters. The molecule has 0 aliphatic heterocycles. The van der Waals surface area contributed by atoms with Crippen molar-refractivity contribution in [3.63, 3.8) is 0 Å². The lowest BCUT2D eigenvalue weighted by molar-refractivity contribution is -0.116. The average Bonchev–Trinajstić information content (AvgIpc) is 3.12. The van der Waals surface area contributed by atoms with Gasteiger partial charge in [-0.2, -0.15) is 5.10 Å². The van der Waals surface area contributed by atoms with Gasteiger partial charge in [0.1, 0.15) is 18.4 Å². The van der Waals surface area contributed by atoms with E-state index >= 15 is 0 Å². The summed E-state index contributed by atoms with van der Waals surface area (Å²) >= 11 is 0. The van der Waals surface area contributed by atoms with Gasteiger partial charge in [-0.1, -0.05) is 12.1 Å². The molecule has 7 heteroatoms. The van der Waals surface area contributed by atoms with E-state index in [9.17, 15) is 4.79 Å². The number of carbonyl (C=O) groups is 1. The number of benzene rings is 1. The van der Waals surface area contributed by atoms with E-state index in [0.29, 0.717) is 24.5 Å². The molecule has 2 aromatic heterocycles. The maximum Gasteiger partial charge on any atom is 0.226 e. The van der Waals surface area contributed by atoms with Crippen molar-refractivity contribution in [2.75, 3.05) is 5.32 Å². The third-order valence-electron chi connectivity index (χ3n) is 3.82. The third kappa shape index (κ3) is 4.41. The number of pyridine rings is 1. The fraction of sp³-hybridized carbons (Fsp3) is 0.222. The lowest BCUT2D eigenvalue weighted by Gasteiger charge is -2.10. The zero-order valence-electron chi connectivity index (χ0n) is 14.1. The highest BCUT2D eigenvalue weighted by atomic mass is 16.5. The zero-order valence-corrected chi connectivity index (χ0v) is 14.1. The topological polar surface area (TPSA) is 81.9 Å². The molecule has 3 aromatic rings. The first-order valence-electron chi connectivity index (χ1n) is 7.94. The highest BCUT2D eigenvalue weighted by Crippen LogP contribution is 2.26. The van der Waals surface area contributed by atoms with Crippen LogP contribution in [0.4, 0.5) is 5.69 Å². The van der Waals surface area contributed by atoms with E-state index in [0.717, 1.165) is 16.9 Å². The normalized spacial score (nSPS) is 10.5. The monoisotopic (exact) mass is 337 g/mol. The molecule has 0 saturated heterocycles. The molecule has 0 spiro atoms. The van der Waals surface area contributed by atoms with E-state index in [1.165, 1.54) is 6.33 Å². The van der Waals surface area contributed by atoms with Crippen molar-refractivity contribution in [2.24, 2.45) is 0 Å². The molecule has 7 nitrogen and oxygen atoms in total. The molecule has 128 valence electrons. The van der Waals surface area contributed by atoms with Gasteiger partial charge < -0.3 is 10.1 Å². The van der Waals surface area contributed by atoms with E-state index in [1.54, 1.807) is 29.3 Å². The number of carbonyl (C=O) groups excluding carboxylic acids is 1. The summed E-state index contributed by atoms with van der Waals surface area (Å²) in [4.78, 5) is 20.0. The maximum absolute atomic E-state index is 11.9. The highest BCUT2D eigenvalue weighted by Gasteiger charge is 2.06. The summed E-state index contributed by atoms with van der Waals surface area (Å²) in [5.41, 5.74) is 2.86. The lowest BCUT2D eigenvalue weighted by Crippen LogP contribution is -2.14. The number of hydrogen-bond acceptors (Lipinski definition) is 5. The van der Waals surface area contributed by atoms with E-state index in [2.05, 4.69) is 20.4 Å². The van der Waals surface area contributed by atoms with Crippen molar-refractivity contribution in [2.45, 2.75) is 26.8 Å². The Kier molecular flexibility index (Phi) is 5.03. The summed E-state index contributed by atoms with van der Waals surface area (Å²) in [6.07, 6.45) is 4.91. The predicted octanol–water partition coefficient (Wildman–Crippen LogP) is 3.11. The molecular weight excluding hydrogens is 318 g/mol. The summed E-state index contributed by atoms with van der Waals surface area (Å²) in [5, 5.41) is 6.75. The molecule has 0 aliphatic rings. The Morgan fingerprint density at radius 2 is 2.12 bits per heavy atom. The Hall–Kier alpha value is -3.22. The summed E-state index contributed by atoms with van der Waals surface area (Å²) in [6, 6.07) is 9.38. The minimum atomic E-state index is -0.111. The van der Waals surface area contributed by atoms with E-state index in [1.807, 2.05) is 32.0 Å². The third-order valence-corrected chi connectivity index (χ3v) is 3.82. The SMILES string of the molecule is Cc1cccc(Oc2ccc(NC(=O)CCn3cncn3)cn2)c1C. The van der Waals surface area contributed by atoms with Crippen LogP contribution in [0.25, 0.3) is 0 Å². The zero-order chi connectivity index (χ0) is 17.6. The van der Waals surface area contributed by atoms with Gasteiger partial charge in [-0.25, -0.2) is 9.97 Å². The first-order valence-corrected chi connectivity index (χ1v) is 7.94. The first kappa shape index (κ1) is 16.6. The Morgan fingerprint density at radius 3 is 2.84 bits per heavy atom. The summed E-state index contributed by atoms with van der Waals surface area (Å²) in [6.45, 7) is 4.52. The van der Waals surface area contributed by atoms with Gasteiger partial charge in [-0.15, -0.1) is 0 Å². The van der Waals surface area contributed by atoms with Crippen LogP contribution in [0.2, 0.25) is 0 Å². The molecule has 1 N–H and O–H groups in total. The van der Waals surface area contributed by atoms with Crippen molar-refractivity contribution in [1.82, 2.24) is 19.7 Å². The molecule has 1 aromatic carbocycles. The van der Waals surface area contributed by atoms with Crippen molar-refractivity contribution in [3.8, 4) is 11.6 Å². The first-order chi connectivity index (χ1) is 12.1. The Bertz CT molecular complexity index is 844. The molecule has 25 heavy (non-hydrogen) atoms. The second kappa shape index (κ2) is 7.57. The van der Waals surface area contributed by atoms with Gasteiger partial charge in [0.2, 0.25) is 11.8 Å². The van der Waals surface area contributed by atoms with E-state index < -0.39 is 0 Å². The molecular formula is C18H19N5O2. The average molecular weight is 337 g/mol. The second-order valence-corrected chi connectivity index (χ2v) is 5.64. The summed E-state index contributed by atoms with van der Waals surface area (Å²) < 4.78 is 7.41. The minimum absolute atomic E-state index is 0.111. The molecule has 0 aliphatic carbocycles. The van der Waals surface area contributed by atoms with Crippen LogP contribution in [0.15, 0.2) is 49.2 Å². The largest absolute Gasteiger partial charge is 0.439 e. The number of hydrogen-bond donors (Lipinski definition) is 1. The molecule has 0 fully saturated rings. The predicted molar refractivity (Wildman–Crippen MR) is 93.5 cm³/mol. The van der Waals surface area contributed by atoms with Gasteiger partial charge >= 0.3 is 0 Å². The Morgan fingerprint density at radius 1 is 1.24 bits per heavy atom. The quantitative estimate of drug-likeness (QED) is 0.747. The van der Waals surface area contributed by atoms with Gasteiger partial charge in [0.05, 0.1) is 18.4 Å². The Labute approximate surface area is 145 Å². The van der Waals surface area contributed by atoms with Gasteiger partial charge in [-0.3, -0.25) is 9.48 Å². The van der Waals surface area contributed by atoms with Crippen molar-refractivity contribution >= 4 is 11.6 Å². The molecule has 3 rings (SSSR count). The maximum atomic E-state index is 11.9. The number of nitrogens with zero attached hydrogens (tertiary/aromatic N) is 4. The number of amides is 1. The fourth-order valence-corrected chi connectivity index (χ4v) is 2.25. The van der Waals surface area contributed by atoms with Crippen LogP contribution < -0.4 is 10.1 Å². The van der Waals surface area contributed by atoms with Crippen LogP contribution in [0.1, 0.15) is 17.5 Å². The van der Waals surface area contributed by atoms with Crippen LogP contribution in [-0.4, -0.2) is 25.7 Å². The number of nitrogens with one attached hydrogen (secondary N) is 1. The van der Waals surface area contributed by atoms with E-state index in [4.69, 9.17) is 4.74 Å². The van der Waals surface area contributed by atoms with Crippen molar-refractivity contribution in [3.05, 3.63) is 60.3 Å². The number of aromatic nitrogens is 4. The molecule has 2 heterocycles. The molecule has 0 saturated carbocycles. The molecule has 0 atom stereocenters. The van der Waals surface area contributed by atoms with Crippen LogP contribution in [0, 0.1) is 13.8 Å². The van der Waals surface area contributed by atoms with Crippen molar-refractivity contribution in [1.29, 1.82) is 0 Å². The van der Waals surface area contributed by atoms with Crippen LogP contribution >= 0.6 is 0 Å². The minimum Gasteiger partial charge on any atom is -0.439 e. The molecule has 0 radical (unpaired) electrons.